The molecule has 0 heterocycles. The minimum absolute atomic E-state index is 0.556. The van der Waals surface area contributed by atoms with Gasteiger partial charge in [-0.1, -0.05) is 13.8 Å². The lowest BCUT2D eigenvalue weighted by Gasteiger charge is -2.52. The summed E-state index contributed by atoms with van der Waals surface area (Å²) in [7, 11) is 4.42. The fourth-order valence-corrected chi connectivity index (χ4v) is 2.27. The molecular weight excluding hydrogens is 122 g/mol. The summed E-state index contributed by atoms with van der Waals surface area (Å²) in [5.74, 6) is 0.910. The molecule has 1 aliphatic rings. The Morgan fingerprint density at radius 2 is 2.10 bits per heavy atom. The highest BCUT2D eigenvalue weighted by Crippen LogP contribution is 2.44. The first-order valence-electron chi connectivity index (χ1n) is 4.31. The van der Waals surface area contributed by atoms with Crippen LogP contribution in [-0.4, -0.2) is 24.5 Å². The van der Waals surface area contributed by atoms with Crippen LogP contribution in [0.2, 0.25) is 0 Å². The summed E-state index contributed by atoms with van der Waals surface area (Å²) < 4.78 is 0. The van der Waals surface area contributed by atoms with Crippen LogP contribution in [0.15, 0.2) is 0 Å². The standard InChI is InChI=1S/C9H19N/c1-5-9(10(3)4)7-6-8(9)2/h8H,5-7H2,1-4H3/t8?,9-/m0/s1. The first-order chi connectivity index (χ1) is 4.63. The number of hydrogen-bond donors (Lipinski definition) is 0. The SMILES string of the molecule is CC[C@]1(N(C)C)CCC1C. The number of rotatable bonds is 2. The van der Waals surface area contributed by atoms with Gasteiger partial charge < -0.3 is 4.90 Å². The van der Waals surface area contributed by atoms with Crippen molar-refractivity contribution in [2.45, 2.75) is 38.6 Å². The summed E-state index contributed by atoms with van der Waals surface area (Å²) >= 11 is 0. The molecular formula is C9H19N. The average Bonchev–Trinajstić information content (AvgIpc) is 1.86. The van der Waals surface area contributed by atoms with Gasteiger partial charge in [0.05, 0.1) is 0 Å². The van der Waals surface area contributed by atoms with Crippen molar-refractivity contribution in [2.24, 2.45) is 5.92 Å². The van der Waals surface area contributed by atoms with Crippen molar-refractivity contribution in [1.82, 2.24) is 4.90 Å². The molecule has 0 saturated heterocycles. The van der Waals surface area contributed by atoms with Gasteiger partial charge in [0.1, 0.15) is 0 Å². The first-order valence-corrected chi connectivity index (χ1v) is 4.31. The molecule has 1 nitrogen and oxygen atoms in total. The first kappa shape index (κ1) is 8.06. The maximum absolute atomic E-state index is 2.40. The van der Waals surface area contributed by atoms with Crippen LogP contribution in [-0.2, 0) is 0 Å². The molecule has 0 aromatic carbocycles. The highest BCUT2D eigenvalue weighted by Gasteiger charge is 2.43. The molecule has 2 atom stereocenters. The molecule has 1 unspecified atom stereocenters. The highest BCUT2D eigenvalue weighted by atomic mass is 15.2. The van der Waals surface area contributed by atoms with Crippen molar-refractivity contribution in [1.29, 1.82) is 0 Å². The van der Waals surface area contributed by atoms with E-state index in [0.717, 1.165) is 5.92 Å². The largest absolute Gasteiger partial charge is 0.303 e. The van der Waals surface area contributed by atoms with Crippen LogP contribution in [0.5, 0.6) is 0 Å². The van der Waals surface area contributed by atoms with E-state index in [4.69, 9.17) is 0 Å². The predicted molar refractivity (Wildman–Crippen MR) is 45.1 cm³/mol. The highest BCUT2D eigenvalue weighted by molar-refractivity contribution is 4.99. The average molecular weight is 141 g/mol. The Balaban J connectivity index is 2.60. The molecule has 0 bridgehead atoms. The normalized spacial score (nSPS) is 39.9. The molecule has 10 heavy (non-hydrogen) atoms. The van der Waals surface area contributed by atoms with E-state index in [1.54, 1.807) is 0 Å². The second kappa shape index (κ2) is 2.54. The molecule has 0 N–H and O–H groups in total. The summed E-state index contributed by atoms with van der Waals surface area (Å²) in [4.78, 5) is 2.40. The summed E-state index contributed by atoms with van der Waals surface area (Å²) in [5, 5.41) is 0. The Morgan fingerprint density at radius 3 is 2.10 bits per heavy atom. The zero-order chi connectivity index (χ0) is 7.78. The van der Waals surface area contributed by atoms with Crippen LogP contribution < -0.4 is 0 Å². The number of nitrogens with zero attached hydrogens (tertiary/aromatic N) is 1. The van der Waals surface area contributed by atoms with E-state index in [-0.39, 0.29) is 0 Å². The smallest absolute Gasteiger partial charge is 0.0226 e. The monoisotopic (exact) mass is 141 g/mol. The number of hydrogen-bond acceptors (Lipinski definition) is 1. The van der Waals surface area contributed by atoms with Crippen molar-refractivity contribution < 1.29 is 0 Å². The maximum atomic E-state index is 2.40. The van der Waals surface area contributed by atoms with Crippen LogP contribution >= 0.6 is 0 Å². The predicted octanol–water partition coefficient (Wildman–Crippen LogP) is 2.13. The zero-order valence-corrected chi connectivity index (χ0v) is 7.65. The van der Waals surface area contributed by atoms with E-state index >= 15 is 0 Å². The minimum atomic E-state index is 0.556. The third-order valence-electron chi connectivity index (χ3n) is 3.43. The van der Waals surface area contributed by atoms with E-state index in [0.29, 0.717) is 5.54 Å². The summed E-state index contributed by atoms with van der Waals surface area (Å²) in [6.45, 7) is 4.67. The Morgan fingerprint density at radius 1 is 1.50 bits per heavy atom. The van der Waals surface area contributed by atoms with E-state index in [1.807, 2.05) is 0 Å². The van der Waals surface area contributed by atoms with E-state index in [2.05, 4.69) is 32.8 Å². The van der Waals surface area contributed by atoms with Crippen molar-refractivity contribution >= 4 is 0 Å². The lowest BCUT2D eigenvalue weighted by molar-refractivity contribution is -0.00613. The molecule has 1 rings (SSSR count). The van der Waals surface area contributed by atoms with Gasteiger partial charge in [-0.15, -0.1) is 0 Å². The van der Waals surface area contributed by atoms with Crippen LogP contribution in [0.4, 0.5) is 0 Å². The summed E-state index contributed by atoms with van der Waals surface area (Å²) in [5.41, 5.74) is 0.556. The molecule has 0 radical (unpaired) electrons. The molecule has 1 aliphatic carbocycles. The third-order valence-corrected chi connectivity index (χ3v) is 3.43. The lowest BCUT2D eigenvalue weighted by atomic mass is 9.65. The molecule has 0 aromatic rings. The quantitative estimate of drug-likeness (QED) is 0.569. The lowest BCUT2D eigenvalue weighted by Crippen LogP contribution is -2.55. The van der Waals surface area contributed by atoms with Crippen LogP contribution in [0, 0.1) is 5.92 Å². The Labute approximate surface area is 64.4 Å². The van der Waals surface area contributed by atoms with Crippen molar-refractivity contribution in [2.75, 3.05) is 14.1 Å². The van der Waals surface area contributed by atoms with E-state index in [9.17, 15) is 0 Å². The molecule has 0 aliphatic heterocycles. The second-order valence-corrected chi connectivity index (χ2v) is 3.79. The molecule has 0 spiro atoms. The summed E-state index contributed by atoms with van der Waals surface area (Å²) in [6, 6.07) is 0. The van der Waals surface area contributed by atoms with Gasteiger partial charge >= 0.3 is 0 Å². The minimum Gasteiger partial charge on any atom is -0.303 e. The zero-order valence-electron chi connectivity index (χ0n) is 7.65. The van der Waals surface area contributed by atoms with Crippen molar-refractivity contribution in [3.63, 3.8) is 0 Å². The van der Waals surface area contributed by atoms with E-state index < -0.39 is 0 Å². The van der Waals surface area contributed by atoms with Crippen LogP contribution in [0.25, 0.3) is 0 Å². The summed E-state index contributed by atoms with van der Waals surface area (Å²) in [6.07, 6.45) is 4.13. The van der Waals surface area contributed by atoms with Gasteiger partial charge in [0.15, 0.2) is 0 Å². The van der Waals surface area contributed by atoms with Gasteiger partial charge in [-0.25, -0.2) is 0 Å². The molecule has 1 saturated carbocycles. The molecule has 1 heteroatoms. The van der Waals surface area contributed by atoms with Gasteiger partial charge in [-0.2, -0.15) is 0 Å². The fourth-order valence-electron chi connectivity index (χ4n) is 2.27. The molecule has 0 aromatic heterocycles. The van der Waals surface area contributed by atoms with Crippen LogP contribution in [0.1, 0.15) is 33.1 Å². The van der Waals surface area contributed by atoms with Gasteiger partial charge in [-0.3, -0.25) is 0 Å². The molecule has 0 amide bonds. The van der Waals surface area contributed by atoms with E-state index in [1.165, 1.54) is 19.3 Å². The third kappa shape index (κ3) is 0.878. The Kier molecular flexibility index (Phi) is 2.04. The topological polar surface area (TPSA) is 3.24 Å². The maximum Gasteiger partial charge on any atom is 0.0226 e. The van der Waals surface area contributed by atoms with Crippen LogP contribution in [0.3, 0.4) is 0 Å². The Bertz CT molecular complexity index is 109. The second-order valence-electron chi connectivity index (χ2n) is 3.79. The van der Waals surface area contributed by atoms with Gasteiger partial charge in [0.25, 0.3) is 0 Å². The van der Waals surface area contributed by atoms with Gasteiger partial charge in [0, 0.05) is 5.54 Å². The Hall–Kier alpha value is -0.0400. The van der Waals surface area contributed by atoms with Crippen molar-refractivity contribution in [3.05, 3.63) is 0 Å². The van der Waals surface area contributed by atoms with Gasteiger partial charge in [-0.05, 0) is 39.3 Å². The van der Waals surface area contributed by atoms with Crippen molar-refractivity contribution in [3.8, 4) is 0 Å². The molecule has 60 valence electrons. The molecule has 1 fully saturated rings. The fraction of sp³-hybridized carbons (Fsp3) is 1.00. The van der Waals surface area contributed by atoms with Gasteiger partial charge in [0.2, 0.25) is 0 Å².